The summed E-state index contributed by atoms with van der Waals surface area (Å²) in [5, 5.41) is 3.57. The quantitative estimate of drug-likeness (QED) is 0.658. The Morgan fingerprint density at radius 2 is 1.73 bits per heavy atom. The molecule has 2 aromatic carbocycles. The Morgan fingerprint density at radius 1 is 1.00 bits per heavy atom. The van der Waals surface area contributed by atoms with E-state index in [1.54, 1.807) is 12.7 Å². The predicted molar refractivity (Wildman–Crippen MR) is 136 cm³/mol. The minimum atomic E-state index is 0.486. The van der Waals surface area contributed by atoms with Crippen molar-refractivity contribution < 1.29 is 4.74 Å². The smallest absolute Gasteiger partial charge is 0.118 e. The molecule has 0 unspecified atom stereocenters. The minimum absolute atomic E-state index is 0.486. The molecule has 2 heterocycles. The van der Waals surface area contributed by atoms with Gasteiger partial charge in [0.05, 0.1) is 7.11 Å². The fourth-order valence-electron chi connectivity index (χ4n) is 6.58. The first kappa shape index (κ1) is 22.9. The Labute approximate surface area is 200 Å². The van der Waals surface area contributed by atoms with Gasteiger partial charge in [0.2, 0.25) is 0 Å². The normalized spacial score (nSPS) is 24.2. The highest BCUT2D eigenvalue weighted by molar-refractivity contribution is 5.34. The number of rotatable bonds is 6. The number of piperidine rings is 1. The van der Waals surface area contributed by atoms with Gasteiger partial charge in [-0.2, -0.15) is 0 Å². The lowest BCUT2D eigenvalue weighted by Crippen LogP contribution is -2.59. The third kappa shape index (κ3) is 4.84. The molecule has 1 spiro atoms. The predicted octanol–water partition coefficient (Wildman–Crippen LogP) is 5.21. The second kappa shape index (κ2) is 9.77. The van der Waals surface area contributed by atoms with Crippen molar-refractivity contribution in [1.82, 2.24) is 15.1 Å². The van der Waals surface area contributed by atoms with E-state index >= 15 is 0 Å². The number of piperazine rings is 1. The summed E-state index contributed by atoms with van der Waals surface area (Å²) in [5.41, 5.74) is 5.07. The monoisotopic (exact) mass is 447 g/mol. The summed E-state index contributed by atoms with van der Waals surface area (Å²) in [6.07, 6.45) is 5.53. The third-order valence-corrected chi connectivity index (χ3v) is 8.52. The Bertz CT molecular complexity index is 911. The highest BCUT2D eigenvalue weighted by Crippen LogP contribution is 2.52. The van der Waals surface area contributed by atoms with Crippen molar-refractivity contribution in [3.8, 4) is 5.75 Å². The van der Waals surface area contributed by atoms with Gasteiger partial charge in [0.1, 0.15) is 5.75 Å². The molecule has 4 nitrogen and oxygen atoms in total. The summed E-state index contributed by atoms with van der Waals surface area (Å²) in [6, 6.07) is 19.1. The molecule has 1 saturated carbocycles. The summed E-state index contributed by atoms with van der Waals surface area (Å²) in [7, 11) is 1.74. The van der Waals surface area contributed by atoms with E-state index < -0.39 is 0 Å². The van der Waals surface area contributed by atoms with Crippen molar-refractivity contribution in [1.29, 1.82) is 0 Å². The first-order valence-corrected chi connectivity index (χ1v) is 13.0. The second-order valence-electron chi connectivity index (χ2n) is 10.9. The van der Waals surface area contributed by atoms with Crippen molar-refractivity contribution in [3.63, 3.8) is 0 Å². The van der Waals surface area contributed by atoms with E-state index in [2.05, 4.69) is 77.5 Å². The van der Waals surface area contributed by atoms with Crippen LogP contribution < -0.4 is 10.1 Å². The second-order valence-corrected chi connectivity index (χ2v) is 10.9. The summed E-state index contributed by atoms with van der Waals surface area (Å²) >= 11 is 0. The van der Waals surface area contributed by atoms with Gasteiger partial charge in [0, 0.05) is 38.3 Å². The average molecular weight is 448 g/mol. The number of benzene rings is 2. The van der Waals surface area contributed by atoms with Crippen LogP contribution in [0.25, 0.3) is 0 Å². The highest BCUT2D eigenvalue weighted by atomic mass is 16.5. The SMILES string of the molecule is COc1ccc(CN2CCN(C3CC4(CCNCC4)C3)[C@H](c3ccccc3C(C)C)C2)cc1. The van der Waals surface area contributed by atoms with Crippen LogP contribution in [0, 0.1) is 5.41 Å². The van der Waals surface area contributed by atoms with Crippen LogP contribution in [0.2, 0.25) is 0 Å². The molecule has 178 valence electrons. The lowest BCUT2D eigenvalue weighted by molar-refractivity contribution is -0.0650. The molecule has 0 radical (unpaired) electrons. The number of nitrogens with zero attached hydrogens (tertiary/aromatic N) is 2. The molecule has 2 saturated heterocycles. The van der Waals surface area contributed by atoms with Crippen molar-refractivity contribution in [2.24, 2.45) is 5.41 Å². The maximum atomic E-state index is 5.35. The molecule has 1 N–H and O–H groups in total. The number of ether oxygens (including phenoxy) is 1. The molecule has 4 heteroatoms. The van der Waals surface area contributed by atoms with Crippen molar-refractivity contribution in [2.45, 2.75) is 64.1 Å². The molecule has 5 rings (SSSR count). The van der Waals surface area contributed by atoms with Gasteiger partial charge < -0.3 is 10.1 Å². The topological polar surface area (TPSA) is 27.7 Å². The fourth-order valence-corrected chi connectivity index (χ4v) is 6.58. The van der Waals surface area contributed by atoms with E-state index in [0.29, 0.717) is 17.4 Å². The molecule has 1 atom stereocenters. The zero-order chi connectivity index (χ0) is 22.8. The Balaban J connectivity index is 1.35. The molecule has 2 aromatic rings. The molecule has 1 aliphatic carbocycles. The van der Waals surface area contributed by atoms with Gasteiger partial charge >= 0.3 is 0 Å². The van der Waals surface area contributed by atoms with Gasteiger partial charge in [-0.25, -0.2) is 0 Å². The van der Waals surface area contributed by atoms with Crippen LogP contribution in [-0.2, 0) is 6.54 Å². The van der Waals surface area contributed by atoms with Crippen LogP contribution in [0.1, 0.15) is 68.2 Å². The van der Waals surface area contributed by atoms with Gasteiger partial charge in [0.25, 0.3) is 0 Å². The maximum absolute atomic E-state index is 5.35. The Kier molecular flexibility index (Phi) is 6.78. The molecule has 33 heavy (non-hydrogen) atoms. The largest absolute Gasteiger partial charge is 0.497 e. The molecular weight excluding hydrogens is 406 g/mol. The van der Waals surface area contributed by atoms with Crippen LogP contribution >= 0.6 is 0 Å². The maximum Gasteiger partial charge on any atom is 0.118 e. The first-order valence-electron chi connectivity index (χ1n) is 13.0. The summed E-state index contributed by atoms with van der Waals surface area (Å²) < 4.78 is 5.35. The van der Waals surface area contributed by atoms with E-state index in [1.807, 2.05) is 0 Å². The lowest BCUT2D eigenvalue weighted by atomic mass is 9.60. The lowest BCUT2D eigenvalue weighted by Gasteiger charge is -2.57. The Hall–Kier alpha value is -1.88. The van der Waals surface area contributed by atoms with Crippen LogP contribution in [0.4, 0.5) is 0 Å². The minimum Gasteiger partial charge on any atom is -0.497 e. The van der Waals surface area contributed by atoms with E-state index in [4.69, 9.17) is 4.74 Å². The van der Waals surface area contributed by atoms with Crippen LogP contribution in [0.5, 0.6) is 5.75 Å². The number of methoxy groups -OCH3 is 1. The molecule has 3 aliphatic rings. The first-order chi connectivity index (χ1) is 16.1. The van der Waals surface area contributed by atoms with E-state index in [0.717, 1.165) is 31.4 Å². The van der Waals surface area contributed by atoms with Gasteiger partial charge in [-0.05, 0) is 78.9 Å². The third-order valence-electron chi connectivity index (χ3n) is 8.52. The summed E-state index contributed by atoms with van der Waals surface area (Å²) in [6.45, 7) is 11.6. The van der Waals surface area contributed by atoms with Gasteiger partial charge in [-0.3, -0.25) is 9.80 Å². The van der Waals surface area contributed by atoms with E-state index in [9.17, 15) is 0 Å². The molecule has 3 fully saturated rings. The van der Waals surface area contributed by atoms with Gasteiger partial charge in [-0.1, -0.05) is 50.2 Å². The summed E-state index contributed by atoms with van der Waals surface area (Å²) in [5.74, 6) is 1.49. The van der Waals surface area contributed by atoms with Crippen LogP contribution in [0.15, 0.2) is 48.5 Å². The molecular formula is C29H41N3O. The fraction of sp³-hybridized carbons (Fsp3) is 0.586. The van der Waals surface area contributed by atoms with Gasteiger partial charge in [-0.15, -0.1) is 0 Å². The standard InChI is InChI=1S/C29H41N3O/c1-22(2)26-6-4-5-7-27(26)28-21-31(20-23-8-10-25(33-3)11-9-23)16-17-32(28)24-18-29(19-24)12-14-30-15-13-29/h4-11,22,24,28,30H,12-21H2,1-3H3/t28-/m0/s1. The van der Waals surface area contributed by atoms with E-state index in [-0.39, 0.29) is 0 Å². The van der Waals surface area contributed by atoms with Gasteiger partial charge in [0.15, 0.2) is 0 Å². The highest BCUT2D eigenvalue weighted by Gasteiger charge is 2.49. The van der Waals surface area contributed by atoms with Crippen molar-refractivity contribution in [2.75, 3.05) is 39.8 Å². The summed E-state index contributed by atoms with van der Waals surface area (Å²) in [4.78, 5) is 5.55. The molecule has 0 bridgehead atoms. The van der Waals surface area contributed by atoms with Crippen LogP contribution in [0.3, 0.4) is 0 Å². The van der Waals surface area contributed by atoms with Crippen LogP contribution in [-0.4, -0.2) is 55.7 Å². The molecule has 2 aliphatic heterocycles. The Morgan fingerprint density at radius 3 is 2.42 bits per heavy atom. The van der Waals surface area contributed by atoms with E-state index in [1.165, 1.54) is 56.4 Å². The zero-order valence-corrected chi connectivity index (χ0v) is 20.7. The molecule has 0 amide bonds. The number of hydrogen-bond donors (Lipinski definition) is 1. The average Bonchev–Trinajstić information content (AvgIpc) is 2.83. The number of nitrogens with one attached hydrogen (secondary N) is 1. The van der Waals surface area contributed by atoms with Crippen molar-refractivity contribution >= 4 is 0 Å². The number of hydrogen-bond acceptors (Lipinski definition) is 4. The zero-order valence-electron chi connectivity index (χ0n) is 20.7. The van der Waals surface area contributed by atoms with Crippen molar-refractivity contribution in [3.05, 3.63) is 65.2 Å². The molecule has 0 aromatic heterocycles.